The summed E-state index contributed by atoms with van der Waals surface area (Å²) in [7, 11) is 0. The average molecular weight is 451 g/mol. The molecule has 6 heteroatoms. The second-order valence-electron chi connectivity index (χ2n) is 9.71. The number of hydrogen-bond acceptors (Lipinski definition) is 5. The molecule has 0 spiro atoms. The molecule has 2 N–H and O–H groups in total. The SMILES string of the molecule is CC(C)(O)c1cc2nc([C@H]3CC[C@H](CO)CC3)sc2cc1N1CCc2ccccc2C1=O. The third-order valence-corrected chi connectivity index (χ3v) is 8.20. The Bertz CT molecular complexity index is 1160. The summed E-state index contributed by atoms with van der Waals surface area (Å²) in [5.41, 5.74) is 3.13. The molecule has 0 saturated heterocycles. The zero-order valence-electron chi connectivity index (χ0n) is 18.7. The lowest BCUT2D eigenvalue weighted by atomic mass is 9.83. The van der Waals surface area contributed by atoms with Crippen LogP contribution < -0.4 is 4.90 Å². The molecule has 1 aliphatic heterocycles. The summed E-state index contributed by atoms with van der Waals surface area (Å²) in [6.45, 7) is 4.41. The molecule has 0 unspecified atom stereocenters. The van der Waals surface area contributed by atoms with Crippen molar-refractivity contribution >= 4 is 33.1 Å². The first-order chi connectivity index (χ1) is 15.3. The first kappa shape index (κ1) is 21.6. The summed E-state index contributed by atoms with van der Waals surface area (Å²) < 4.78 is 1.05. The van der Waals surface area contributed by atoms with Crippen LogP contribution in [0.2, 0.25) is 0 Å². The summed E-state index contributed by atoms with van der Waals surface area (Å²) in [4.78, 5) is 20.1. The van der Waals surface area contributed by atoms with Crippen molar-refractivity contribution in [2.75, 3.05) is 18.1 Å². The molecular formula is C26H30N2O3S. The van der Waals surface area contributed by atoms with Crippen LogP contribution in [0.15, 0.2) is 36.4 Å². The Labute approximate surface area is 192 Å². The van der Waals surface area contributed by atoms with Gasteiger partial charge in [-0.1, -0.05) is 18.2 Å². The number of nitrogens with zero attached hydrogens (tertiary/aromatic N) is 2. The third kappa shape index (κ3) is 3.85. The van der Waals surface area contributed by atoms with E-state index in [1.54, 1.807) is 25.2 Å². The number of carbonyl (C=O) groups is 1. The van der Waals surface area contributed by atoms with E-state index in [9.17, 15) is 15.0 Å². The van der Waals surface area contributed by atoms with Gasteiger partial charge in [0.15, 0.2) is 0 Å². The normalized spacial score (nSPS) is 21.8. The first-order valence-corrected chi connectivity index (χ1v) is 12.3. The fraction of sp³-hybridized carbons (Fsp3) is 0.462. The molecule has 0 bridgehead atoms. The van der Waals surface area contributed by atoms with Gasteiger partial charge in [-0.2, -0.15) is 0 Å². The van der Waals surface area contributed by atoms with Gasteiger partial charge in [0.1, 0.15) is 0 Å². The maximum atomic E-state index is 13.4. The molecule has 2 heterocycles. The quantitative estimate of drug-likeness (QED) is 0.587. The summed E-state index contributed by atoms with van der Waals surface area (Å²) in [6, 6.07) is 11.8. The molecule has 1 amide bonds. The Morgan fingerprint density at radius 3 is 2.62 bits per heavy atom. The second kappa shape index (κ2) is 8.25. The van der Waals surface area contributed by atoms with E-state index in [4.69, 9.17) is 4.98 Å². The topological polar surface area (TPSA) is 73.7 Å². The van der Waals surface area contributed by atoms with Crippen molar-refractivity contribution in [1.29, 1.82) is 0 Å². The molecule has 1 saturated carbocycles. The molecule has 2 aliphatic rings. The van der Waals surface area contributed by atoms with Crippen molar-refractivity contribution in [3.8, 4) is 0 Å². The van der Waals surface area contributed by atoms with Crippen LogP contribution in [-0.4, -0.2) is 34.3 Å². The first-order valence-electron chi connectivity index (χ1n) is 11.5. The summed E-state index contributed by atoms with van der Waals surface area (Å²) in [6.07, 6.45) is 4.99. The van der Waals surface area contributed by atoms with Crippen molar-refractivity contribution < 1.29 is 15.0 Å². The van der Waals surface area contributed by atoms with Gasteiger partial charge in [-0.3, -0.25) is 4.79 Å². The molecule has 5 rings (SSSR count). The molecule has 3 aromatic rings. The van der Waals surface area contributed by atoms with Crippen molar-refractivity contribution in [2.24, 2.45) is 5.92 Å². The lowest BCUT2D eigenvalue weighted by Gasteiger charge is -2.33. The minimum Gasteiger partial charge on any atom is -0.396 e. The summed E-state index contributed by atoms with van der Waals surface area (Å²) in [5, 5.41) is 21.5. The molecule has 1 aromatic heterocycles. The van der Waals surface area contributed by atoms with Crippen LogP contribution in [0.3, 0.4) is 0 Å². The molecule has 32 heavy (non-hydrogen) atoms. The molecular weight excluding hydrogens is 420 g/mol. The number of hydrogen-bond donors (Lipinski definition) is 2. The van der Waals surface area contributed by atoms with Crippen molar-refractivity contribution in [2.45, 2.75) is 57.5 Å². The molecule has 168 valence electrons. The number of thiazole rings is 1. The minimum atomic E-state index is -1.09. The third-order valence-electron chi connectivity index (χ3n) is 7.02. The minimum absolute atomic E-state index is 0.0104. The Hall–Kier alpha value is -2.28. The van der Waals surface area contributed by atoms with E-state index in [1.807, 2.05) is 35.2 Å². The monoisotopic (exact) mass is 450 g/mol. The Kier molecular flexibility index (Phi) is 5.56. The van der Waals surface area contributed by atoms with Gasteiger partial charge in [-0.25, -0.2) is 4.98 Å². The Balaban J connectivity index is 1.54. The number of carbonyl (C=O) groups excluding carboxylic acids is 1. The number of fused-ring (bicyclic) bond motifs is 2. The van der Waals surface area contributed by atoms with Gasteiger partial charge in [0.25, 0.3) is 5.91 Å². The predicted octanol–water partition coefficient (Wildman–Crippen LogP) is 4.99. The van der Waals surface area contributed by atoms with Crippen LogP contribution in [0.4, 0.5) is 5.69 Å². The van der Waals surface area contributed by atoms with E-state index >= 15 is 0 Å². The van der Waals surface area contributed by atoms with Gasteiger partial charge in [0, 0.05) is 30.2 Å². The number of aromatic nitrogens is 1. The zero-order chi connectivity index (χ0) is 22.5. The van der Waals surface area contributed by atoms with Crippen molar-refractivity contribution in [3.63, 3.8) is 0 Å². The van der Waals surface area contributed by atoms with E-state index in [0.29, 0.717) is 18.4 Å². The van der Waals surface area contributed by atoms with Crippen LogP contribution in [0.1, 0.15) is 71.9 Å². The molecule has 1 aliphatic carbocycles. The number of benzene rings is 2. The van der Waals surface area contributed by atoms with E-state index in [-0.39, 0.29) is 12.5 Å². The van der Waals surface area contributed by atoms with E-state index in [1.165, 1.54) is 0 Å². The Morgan fingerprint density at radius 2 is 1.91 bits per heavy atom. The summed E-state index contributed by atoms with van der Waals surface area (Å²) >= 11 is 1.70. The van der Waals surface area contributed by atoms with Crippen LogP contribution >= 0.6 is 11.3 Å². The smallest absolute Gasteiger partial charge is 0.258 e. The number of anilines is 1. The fourth-order valence-corrected chi connectivity index (χ4v) is 6.27. The highest BCUT2D eigenvalue weighted by molar-refractivity contribution is 7.18. The zero-order valence-corrected chi connectivity index (χ0v) is 19.5. The largest absolute Gasteiger partial charge is 0.396 e. The van der Waals surface area contributed by atoms with Gasteiger partial charge in [0.2, 0.25) is 0 Å². The van der Waals surface area contributed by atoms with E-state index in [2.05, 4.69) is 6.07 Å². The van der Waals surface area contributed by atoms with E-state index < -0.39 is 5.60 Å². The van der Waals surface area contributed by atoms with Gasteiger partial charge in [-0.05, 0) is 75.6 Å². The number of aliphatic hydroxyl groups excluding tert-OH is 1. The fourth-order valence-electron chi connectivity index (χ4n) is 5.12. The highest BCUT2D eigenvalue weighted by Crippen LogP contribution is 2.42. The molecule has 0 atom stereocenters. The molecule has 2 aromatic carbocycles. The van der Waals surface area contributed by atoms with Crippen LogP contribution in [0, 0.1) is 5.92 Å². The lowest BCUT2D eigenvalue weighted by Crippen LogP contribution is -2.39. The Morgan fingerprint density at radius 1 is 1.16 bits per heavy atom. The lowest BCUT2D eigenvalue weighted by molar-refractivity contribution is 0.0789. The maximum Gasteiger partial charge on any atom is 0.258 e. The average Bonchev–Trinajstić information content (AvgIpc) is 3.21. The molecule has 5 nitrogen and oxygen atoms in total. The predicted molar refractivity (Wildman–Crippen MR) is 128 cm³/mol. The number of amides is 1. The number of aliphatic hydroxyl groups is 2. The molecule has 0 radical (unpaired) electrons. The van der Waals surface area contributed by atoms with Crippen molar-refractivity contribution in [3.05, 3.63) is 58.1 Å². The van der Waals surface area contributed by atoms with Crippen LogP contribution in [0.25, 0.3) is 10.2 Å². The van der Waals surface area contributed by atoms with Gasteiger partial charge < -0.3 is 15.1 Å². The van der Waals surface area contributed by atoms with Gasteiger partial charge >= 0.3 is 0 Å². The number of rotatable bonds is 4. The second-order valence-corrected chi connectivity index (χ2v) is 10.8. The highest BCUT2D eigenvalue weighted by Gasteiger charge is 2.32. The maximum absolute atomic E-state index is 13.4. The van der Waals surface area contributed by atoms with Crippen LogP contribution in [0.5, 0.6) is 0 Å². The summed E-state index contributed by atoms with van der Waals surface area (Å²) in [5.74, 6) is 0.832. The van der Waals surface area contributed by atoms with Gasteiger partial charge in [-0.15, -0.1) is 11.3 Å². The molecule has 1 fully saturated rings. The van der Waals surface area contributed by atoms with Crippen LogP contribution in [-0.2, 0) is 12.0 Å². The van der Waals surface area contributed by atoms with Gasteiger partial charge in [0.05, 0.1) is 26.5 Å². The van der Waals surface area contributed by atoms with E-state index in [0.717, 1.165) is 69.7 Å². The highest BCUT2D eigenvalue weighted by atomic mass is 32.1. The standard InChI is InChI=1S/C26H30N2O3S/c1-26(2,31)20-13-21-23(32-24(27-21)18-9-7-16(15-29)8-10-18)14-22(20)28-12-11-17-5-3-4-6-19(17)25(28)30/h3-6,13-14,16,18,29,31H,7-12,15H2,1-2H3/t16-,18-. The van der Waals surface area contributed by atoms with Crippen molar-refractivity contribution in [1.82, 2.24) is 4.98 Å².